The number of ether oxygens (including phenoxy) is 1. The Hall–Kier alpha value is -1.75. The minimum atomic E-state index is -0.342. The van der Waals surface area contributed by atoms with Gasteiger partial charge in [-0.1, -0.05) is 6.07 Å². The molecule has 84 valence electrons. The van der Waals surface area contributed by atoms with Crippen LogP contribution in [0, 0.1) is 0 Å². The molecule has 1 N–H and O–H groups in total. The molecule has 1 aliphatic heterocycles. The number of hydrogen-bond donors (Lipinski definition) is 1. The van der Waals surface area contributed by atoms with Gasteiger partial charge in [0.15, 0.2) is 0 Å². The molecule has 0 aliphatic carbocycles. The quantitative estimate of drug-likeness (QED) is 0.601. The van der Waals surface area contributed by atoms with Gasteiger partial charge in [0.25, 0.3) is 5.91 Å². The average Bonchev–Trinajstić information content (AvgIpc) is 2.84. The van der Waals surface area contributed by atoms with E-state index < -0.39 is 0 Å². The fourth-order valence-corrected chi connectivity index (χ4v) is 1.48. The molecule has 1 atom stereocenters. The zero-order valence-electron chi connectivity index (χ0n) is 8.80. The molecule has 1 fully saturated rings. The Morgan fingerprint density at radius 2 is 2.62 bits per heavy atom. The van der Waals surface area contributed by atoms with E-state index in [0.717, 1.165) is 18.4 Å². The summed E-state index contributed by atoms with van der Waals surface area (Å²) in [4.78, 5) is 15.4. The molecule has 2 rings (SSSR count). The van der Waals surface area contributed by atoms with Crippen LogP contribution in [-0.2, 0) is 9.53 Å². The first-order chi connectivity index (χ1) is 7.86. The highest BCUT2D eigenvalue weighted by atomic mass is 16.5. The van der Waals surface area contributed by atoms with Crippen LogP contribution >= 0.6 is 0 Å². The molecule has 1 amide bonds. The van der Waals surface area contributed by atoms with E-state index in [4.69, 9.17) is 4.74 Å². The first kappa shape index (κ1) is 10.8. The number of pyridine rings is 1. The number of carbonyl (C=O) groups is 1. The van der Waals surface area contributed by atoms with Crippen molar-refractivity contribution >= 4 is 12.1 Å². The molecule has 1 saturated heterocycles. The van der Waals surface area contributed by atoms with Gasteiger partial charge in [-0.05, 0) is 18.9 Å². The molecule has 5 nitrogen and oxygen atoms in total. The van der Waals surface area contributed by atoms with E-state index in [2.05, 4.69) is 15.5 Å². The van der Waals surface area contributed by atoms with Crippen molar-refractivity contribution in [2.75, 3.05) is 6.61 Å². The second-order valence-electron chi connectivity index (χ2n) is 3.52. The molecule has 1 aromatic rings. The van der Waals surface area contributed by atoms with Gasteiger partial charge in [-0.25, -0.2) is 5.43 Å². The molecule has 0 spiro atoms. The Bertz CT molecular complexity index is 372. The third-order valence-electron chi connectivity index (χ3n) is 2.29. The van der Waals surface area contributed by atoms with E-state index in [1.165, 1.54) is 0 Å². The van der Waals surface area contributed by atoms with Gasteiger partial charge >= 0.3 is 0 Å². The predicted molar refractivity (Wildman–Crippen MR) is 58.9 cm³/mol. The lowest BCUT2D eigenvalue weighted by Gasteiger charge is -2.05. The van der Waals surface area contributed by atoms with Crippen LogP contribution in [0.4, 0.5) is 0 Å². The summed E-state index contributed by atoms with van der Waals surface area (Å²) >= 11 is 0. The molecule has 1 aromatic heterocycles. The first-order valence-corrected chi connectivity index (χ1v) is 5.21. The van der Waals surface area contributed by atoms with Crippen LogP contribution < -0.4 is 5.43 Å². The fraction of sp³-hybridized carbons (Fsp3) is 0.364. The minimum absolute atomic E-state index is 0.183. The fourth-order valence-electron chi connectivity index (χ4n) is 1.48. The van der Waals surface area contributed by atoms with Gasteiger partial charge in [0.05, 0.1) is 6.21 Å². The summed E-state index contributed by atoms with van der Waals surface area (Å²) in [6.07, 6.45) is 6.27. The smallest absolute Gasteiger partial charge is 0.269 e. The lowest BCUT2D eigenvalue weighted by Crippen LogP contribution is -2.30. The van der Waals surface area contributed by atoms with Crippen LogP contribution in [0.3, 0.4) is 0 Å². The Morgan fingerprint density at radius 3 is 3.31 bits per heavy atom. The third-order valence-corrected chi connectivity index (χ3v) is 2.29. The Kier molecular flexibility index (Phi) is 3.61. The molecule has 0 saturated carbocycles. The van der Waals surface area contributed by atoms with Gasteiger partial charge in [-0.15, -0.1) is 0 Å². The monoisotopic (exact) mass is 219 g/mol. The predicted octanol–water partition coefficient (Wildman–Crippen LogP) is 0.711. The number of carbonyl (C=O) groups excluding carboxylic acids is 1. The molecule has 0 bridgehead atoms. The number of amides is 1. The maximum Gasteiger partial charge on any atom is 0.269 e. The van der Waals surface area contributed by atoms with Crippen molar-refractivity contribution in [3.63, 3.8) is 0 Å². The summed E-state index contributed by atoms with van der Waals surface area (Å²) in [6.45, 7) is 0.657. The van der Waals surface area contributed by atoms with Gasteiger partial charge in [-0.3, -0.25) is 9.78 Å². The van der Waals surface area contributed by atoms with E-state index in [-0.39, 0.29) is 12.0 Å². The Morgan fingerprint density at radius 1 is 1.69 bits per heavy atom. The van der Waals surface area contributed by atoms with Crippen molar-refractivity contribution in [2.24, 2.45) is 5.10 Å². The number of nitrogens with one attached hydrogen (secondary N) is 1. The van der Waals surface area contributed by atoms with E-state index in [9.17, 15) is 4.79 Å². The first-order valence-electron chi connectivity index (χ1n) is 5.21. The summed E-state index contributed by atoms with van der Waals surface area (Å²) < 4.78 is 5.22. The van der Waals surface area contributed by atoms with E-state index in [0.29, 0.717) is 6.61 Å². The van der Waals surface area contributed by atoms with Crippen molar-refractivity contribution in [1.82, 2.24) is 10.4 Å². The van der Waals surface area contributed by atoms with Gasteiger partial charge in [0.1, 0.15) is 6.10 Å². The molecule has 0 unspecified atom stereocenters. The summed E-state index contributed by atoms with van der Waals surface area (Å²) in [5.41, 5.74) is 3.29. The molecule has 0 radical (unpaired) electrons. The van der Waals surface area contributed by atoms with Crippen LogP contribution in [0.1, 0.15) is 18.4 Å². The normalized spacial score (nSPS) is 20.1. The number of hydrazone groups is 1. The van der Waals surface area contributed by atoms with Crippen LogP contribution in [0.15, 0.2) is 29.6 Å². The largest absolute Gasteiger partial charge is 0.368 e. The number of rotatable bonds is 3. The summed E-state index contributed by atoms with van der Waals surface area (Å²) in [5.74, 6) is -0.183. The second-order valence-corrected chi connectivity index (χ2v) is 3.52. The highest BCUT2D eigenvalue weighted by Gasteiger charge is 2.22. The number of hydrogen-bond acceptors (Lipinski definition) is 4. The zero-order chi connectivity index (χ0) is 11.2. The Balaban J connectivity index is 1.82. The van der Waals surface area contributed by atoms with E-state index in [1.54, 1.807) is 18.6 Å². The van der Waals surface area contributed by atoms with E-state index >= 15 is 0 Å². The topological polar surface area (TPSA) is 63.6 Å². The molecule has 5 heteroatoms. The van der Waals surface area contributed by atoms with Crippen molar-refractivity contribution < 1.29 is 9.53 Å². The van der Waals surface area contributed by atoms with Crippen LogP contribution in [0.25, 0.3) is 0 Å². The van der Waals surface area contributed by atoms with Crippen LogP contribution in [0.5, 0.6) is 0 Å². The summed E-state index contributed by atoms with van der Waals surface area (Å²) in [5, 5.41) is 3.84. The molecule has 16 heavy (non-hydrogen) atoms. The van der Waals surface area contributed by atoms with Gasteiger partial charge < -0.3 is 4.74 Å². The molecular weight excluding hydrogens is 206 g/mol. The number of nitrogens with zero attached hydrogens (tertiary/aromatic N) is 2. The Labute approximate surface area is 93.5 Å². The molecule has 1 aliphatic rings. The summed E-state index contributed by atoms with van der Waals surface area (Å²) in [7, 11) is 0. The zero-order valence-corrected chi connectivity index (χ0v) is 8.80. The molecular formula is C11H13N3O2. The maximum absolute atomic E-state index is 11.5. The average molecular weight is 219 g/mol. The van der Waals surface area contributed by atoms with Gasteiger partial charge in [0.2, 0.25) is 0 Å². The van der Waals surface area contributed by atoms with Crippen LogP contribution in [-0.4, -0.2) is 29.8 Å². The van der Waals surface area contributed by atoms with Crippen molar-refractivity contribution in [3.05, 3.63) is 30.1 Å². The maximum atomic E-state index is 11.5. The van der Waals surface area contributed by atoms with Crippen molar-refractivity contribution in [1.29, 1.82) is 0 Å². The standard InChI is InChI=1S/C11H13N3O2/c15-11(10-4-2-6-16-10)14-13-8-9-3-1-5-12-7-9/h1,3,5,7-8,10H,2,4,6H2,(H,14,15)/b13-8-/t10-/m1/s1. The van der Waals surface area contributed by atoms with Crippen molar-refractivity contribution in [2.45, 2.75) is 18.9 Å². The number of aromatic nitrogens is 1. The van der Waals surface area contributed by atoms with Gasteiger partial charge in [0, 0.05) is 24.6 Å². The molecule has 2 heterocycles. The molecule has 0 aromatic carbocycles. The lowest BCUT2D eigenvalue weighted by molar-refractivity contribution is -0.130. The highest BCUT2D eigenvalue weighted by Crippen LogP contribution is 2.11. The SMILES string of the molecule is O=C(N/N=C\c1cccnc1)[C@H]1CCCO1. The summed E-state index contributed by atoms with van der Waals surface area (Å²) in [6, 6.07) is 3.66. The van der Waals surface area contributed by atoms with Crippen molar-refractivity contribution in [3.8, 4) is 0 Å². The van der Waals surface area contributed by atoms with Gasteiger partial charge in [-0.2, -0.15) is 5.10 Å². The van der Waals surface area contributed by atoms with E-state index in [1.807, 2.05) is 12.1 Å². The highest BCUT2D eigenvalue weighted by molar-refractivity contribution is 5.84. The minimum Gasteiger partial charge on any atom is -0.368 e. The lowest BCUT2D eigenvalue weighted by atomic mass is 10.2. The second kappa shape index (κ2) is 5.37. The third kappa shape index (κ3) is 2.87. The van der Waals surface area contributed by atoms with Crippen LogP contribution in [0.2, 0.25) is 0 Å².